The minimum absolute atomic E-state index is 0.0795. The normalized spacial score (nSPS) is 30.7. The molecule has 1 fully saturated rings. The highest BCUT2D eigenvalue weighted by atomic mass is 16.4. The first-order valence-corrected chi connectivity index (χ1v) is 12.0. The van der Waals surface area contributed by atoms with Crippen molar-refractivity contribution in [2.24, 2.45) is 17.6 Å². The van der Waals surface area contributed by atoms with Crippen LogP contribution in [0.5, 0.6) is 5.75 Å². The monoisotopic (exact) mass is 521 g/mol. The summed E-state index contributed by atoms with van der Waals surface area (Å²) in [4.78, 5) is 44.8. The van der Waals surface area contributed by atoms with Crippen LogP contribution in [0.3, 0.4) is 0 Å². The van der Waals surface area contributed by atoms with E-state index in [1.54, 1.807) is 37.3 Å². The predicted octanol–water partition coefficient (Wildman–Crippen LogP) is 0.558. The number of carbonyl (C=O) groups excluding carboxylic acids is 3. The van der Waals surface area contributed by atoms with Gasteiger partial charge in [0.1, 0.15) is 22.8 Å². The summed E-state index contributed by atoms with van der Waals surface area (Å²) in [6.45, 7) is 1.68. The van der Waals surface area contributed by atoms with Crippen LogP contribution in [0.1, 0.15) is 24.0 Å². The Morgan fingerprint density at radius 3 is 2.37 bits per heavy atom. The number of ketones is 2. The van der Waals surface area contributed by atoms with Crippen molar-refractivity contribution in [1.82, 2.24) is 9.88 Å². The van der Waals surface area contributed by atoms with E-state index in [2.05, 4.69) is 4.98 Å². The minimum atomic E-state index is -2.95. The second-order valence-electron chi connectivity index (χ2n) is 10.2. The molecule has 1 heterocycles. The molecule has 11 heteroatoms. The number of hydrogen-bond donors (Lipinski definition) is 6. The van der Waals surface area contributed by atoms with Gasteiger partial charge in [-0.2, -0.15) is 0 Å². The molecule has 3 unspecified atom stereocenters. The molecule has 1 saturated carbocycles. The molecule has 0 spiro atoms. The summed E-state index contributed by atoms with van der Waals surface area (Å²) in [5.41, 5.74) is 2.01. The number of nitrogens with zero attached hydrogens (tertiary/aromatic N) is 2. The van der Waals surface area contributed by atoms with E-state index in [4.69, 9.17) is 5.73 Å². The predicted molar refractivity (Wildman–Crippen MR) is 134 cm³/mol. The number of rotatable bonds is 3. The average Bonchev–Trinajstić information content (AvgIpc) is 2.86. The number of amides is 1. The van der Waals surface area contributed by atoms with E-state index >= 15 is 0 Å². The summed E-state index contributed by atoms with van der Waals surface area (Å²) >= 11 is 0. The quantitative estimate of drug-likeness (QED) is 0.311. The molecule has 0 radical (unpaired) electrons. The maximum absolute atomic E-state index is 14.0. The number of benzene rings is 1. The number of fused-ring (bicyclic) bond motifs is 3. The Morgan fingerprint density at radius 2 is 1.79 bits per heavy atom. The smallest absolute Gasteiger partial charge is 0.255 e. The van der Waals surface area contributed by atoms with Crippen molar-refractivity contribution in [2.75, 3.05) is 14.1 Å². The van der Waals surface area contributed by atoms with Gasteiger partial charge in [0.05, 0.1) is 29.3 Å². The molecule has 2 aromatic rings. The molecule has 0 bridgehead atoms. The third-order valence-corrected chi connectivity index (χ3v) is 8.07. The summed E-state index contributed by atoms with van der Waals surface area (Å²) in [5, 5.41) is 56.9. The molecule has 1 aromatic heterocycles. The lowest BCUT2D eigenvalue weighted by molar-refractivity contribution is -0.169. The number of aromatic nitrogens is 1. The first-order chi connectivity index (χ1) is 17.8. The van der Waals surface area contributed by atoms with Crippen LogP contribution < -0.4 is 5.73 Å². The van der Waals surface area contributed by atoms with E-state index in [0.29, 0.717) is 11.3 Å². The van der Waals surface area contributed by atoms with Crippen LogP contribution in [0, 0.1) is 11.8 Å². The van der Waals surface area contributed by atoms with Gasteiger partial charge in [-0.1, -0.05) is 19.1 Å². The average molecular weight is 522 g/mol. The number of phenols is 1. The van der Waals surface area contributed by atoms with Crippen LogP contribution >= 0.6 is 0 Å². The second-order valence-corrected chi connectivity index (χ2v) is 10.2. The Morgan fingerprint density at radius 1 is 1.11 bits per heavy atom. The topological polar surface area (TPSA) is 195 Å². The van der Waals surface area contributed by atoms with Gasteiger partial charge in [-0.25, -0.2) is 0 Å². The van der Waals surface area contributed by atoms with E-state index in [1.807, 2.05) is 0 Å². The van der Waals surface area contributed by atoms with Crippen molar-refractivity contribution in [2.45, 2.75) is 30.6 Å². The molecule has 5 rings (SSSR count). The Kier molecular flexibility index (Phi) is 5.71. The van der Waals surface area contributed by atoms with E-state index in [0.717, 1.165) is 0 Å². The number of pyridine rings is 1. The van der Waals surface area contributed by atoms with Crippen molar-refractivity contribution in [3.63, 3.8) is 0 Å². The van der Waals surface area contributed by atoms with Gasteiger partial charge in [0.2, 0.25) is 5.78 Å². The highest BCUT2D eigenvalue weighted by Crippen LogP contribution is 2.56. The summed E-state index contributed by atoms with van der Waals surface area (Å²) in [5.74, 6) is -9.21. The molecular formula is C27H27N3O8. The zero-order valence-corrected chi connectivity index (χ0v) is 20.8. The van der Waals surface area contributed by atoms with E-state index in [1.165, 1.54) is 25.2 Å². The lowest BCUT2D eigenvalue weighted by atomic mass is 9.54. The number of aliphatic hydroxyl groups is 4. The fourth-order valence-corrected chi connectivity index (χ4v) is 6.35. The van der Waals surface area contributed by atoms with Gasteiger partial charge in [0.25, 0.3) is 5.91 Å². The summed E-state index contributed by atoms with van der Waals surface area (Å²) < 4.78 is 0. The highest BCUT2D eigenvalue weighted by Gasteiger charge is 2.68. The Bertz CT molecular complexity index is 1460. The SMILES string of the molecule is C[C@H]1c2ccc(-c3ccccn3)c(O)c2C(O)=C2C(=O)[C@]3(O)C(O)=C(C(N)=O)C(=O)[C@@H](N(C)C)C3C(O)C21. The number of primary amides is 1. The largest absolute Gasteiger partial charge is 0.508 e. The van der Waals surface area contributed by atoms with Crippen molar-refractivity contribution < 1.29 is 39.9 Å². The van der Waals surface area contributed by atoms with Crippen molar-refractivity contribution >= 4 is 23.2 Å². The molecule has 3 aliphatic carbocycles. The van der Waals surface area contributed by atoms with Gasteiger partial charge < -0.3 is 31.3 Å². The van der Waals surface area contributed by atoms with E-state index in [9.17, 15) is 39.9 Å². The summed E-state index contributed by atoms with van der Waals surface area (Å²) in [6, 6.07) is 6.92. The Hall–Kier alpha value is -4.06. The first kappa shape index (κ1) is 25.6. The molecule has 38 heavy (non-hydrogen) atoms. The molecular weight excluding hydrogens is 494 g/mol. The van der Waals surface area contributed by atoms with Gasteiger partial charge in [-0.15, -0.1) is 0 Å². The van der Waals surface area contributed by atoms with Gasteiger partial charge in [0.15, 0.2) is 11.4 Å². The Labute approximate surface area is 217 Å². The summed E-state index contributed by atoms with van der Waals surface area (Å²) in [6.07, 6.45) is -0.109. The number of hydrogen-bond acceptors (Lipinski definition) is 10. The third-order valence-electron chi connectivity index (χ3n) is 8.07. The second kappa shape index (κ2) is 8.48. The molecule has 7 N–H and O–H groups in total. The number of likely N-dealkylation sites (N-methyl/N-ethyl adjacent to an activating group) is 1. The first-order valence-electron chi connectivity index (χ1n) is 12.0. The molecule has 198 valence electrons. The van der Waals surface area contributed by atoms with Gasteiger partial charge in [0, 0.05) is 23.3 Å². The number of nitrogens with two attached hydrogens (primary N) is 1. The minimum Gasteiger partial charge on any atom is -0.508 e. The van der Waals surface area contributed by atoms with Crippen LogP contribution in [0.4, 0.5) is 0 Å². The fraction of sp³-hybridized carbons (Fsp3) is 0.333. The Balaban J connectivity index is 1.79. The van der Waals surface area contributed by atoms with Crippen LogP contribution in [0.2, 0.25) is 0 Å². The van der Waals surface area contributed by atoms with Crippen molar-refractivity contribution in [3.8, 4) is 17.0 Å². The number of carbonyl (C=O) groups is 3. The lowest BCUT2D eigenvalue weighted by Crippen LogP contribution is -2.70. The molecule has 6 atom stereocenters. The van der Waals surface area contributed by atoms with Crippen LogP contribution in [-0.2, 0) is 14.4 Å². The maximum atomic E-state index is 14.0. The molecule has 1 amide bonds. The summed E-state index contributed by atoms with van der Waals surface area (Å²) in [7, 11) is 2.92. The number of aliphatic hydroxyl groups excluding tert-OH is 3. The maximum Gasteiger partial charge on any atom is 0.255 e. The van der Waals surface area contributed by atoms with Crippen LogP contribution in [-0.4, -0.2) is 84.7 Å². The van der Waals surface area contributed by atoms with Gasteiger partial charge in [-0.3, -0.25) is 24.3 Å². The van der Waals surface area contributed by atoms with Crippen LogP contribution in [0.25, 0.3) is 17.0 Å². The molecule has 1 aromatic carbocycles. The fourth-order valence-electron chi connectivity index (χ4n) is 6.35. The van der Waals surface area contributed by atoms with Gasteiger partial charge >= 0.3 is 0 Å². The van der Waals surface area contributed by atoms with Crippen LogP contribution in [0.15, 0.2) is 53.4 Å². The van der Waals surface area contributed by atoms with E-state index in [-0.39, 0.29) is 16.9 Å². The zero-order chi connectivity index (χ0) is 27.8. The molecule has 11 nitrogen and oxygen atoms in total. The highest BCUT2D eigenvalue weighted by molar-refractivity contribution is 6.24. The third kappa shape index (κ3) is 3.12. The number of Topliss-reactive ketones (excluding diaryl/α,β-unsaturated/α-hetero) is 2. The standard InChI is InChI=1S/C27H27N3O8/c1-10-11-7-8-12(13-6-4-5-9-29-13)20(31)15(11)21(32)16-14(10)22(33)18-19(30(2)3)23(34)17(26(28)37)25(36)27(18,38)24(16)35/h4-10,14,18-19,22,31-33,36,38H,1-3H3,(H2,28,37)/t10-,14?,18?,19-,22?,27-/m0/s1. The zero-order valence-electron chi connectivity index (χ0n) is 20.8. The van der Waals surface area contributed by atoms with Crippen molar-refractivity contribution in [3.05, 3.63) is 64.6 Å². The molecule has 0 aliphatic heterocycles. The lowest BCUT2D eigenvalue weighted by Gasteiger charge is -2.53. The number of aromatic hydroxyl groups is 1. The van der Waals surface area contributed by atoms with Gasteiger partial charge in [-0.05, 0) is 43.8 Å². The van der Waals surface area contributed by atoms with Crippen molar-refractivity contribution in [1.29, 1.82) is 0 Å². The van der Waals surface area contributed by atoms with E-state index < -0.39 is 75.6 Å². The molecule has 3 aliphatic rings. The number of phenolic OH excluding ortho intramolecular Hbond substituents is 1. The molecule has 0 saturated heterocycles.